The quantitative estimate of drug-likeness (QED) is 0.738. The third-order valence-corrected chi connectivity index (χ3v) is 3.55. The molecule has 1 unspecified atom stereocenters. The van der Waals surface area contributed by atoms with Gasteiger partial charge in [0, 0.05) is 38.5 Å². The van der Waals surface area contributed by atoms with Gasteiger partial charge >= 0.3 is 0 Å². The van der Waals surface area contributed by atoms with Gasteiger partial charge in [-0.3, -0.25) is 9.59 Å². The maximum absolute atomic E-state index is 12.1. The highest BCUT2D eigenvalue weighted by Crippen LogP contribution is 2.18. The van der Waals surface area contributed by atoms with Crippen LogP contribution in [0.2, 0.25) is 0 Å². The Labute approximate surface area is 109 Å². The number of piperidine rings is 1. The van der Waals surface area contributed by atoms with Crippen LogP contribution in [0, 0.1) is 11.8 Å². The maximum Gasteiger partial charge on any atom is 0.226 e. The van der Waals surface area contributed by atoms with Crippen LogP contribution in [0.4, 0.5) is 0 Å². The van der Waals surface area contributed by atoms with Crippen molar-refractivity contribution in [2.45, 2.75) is 26.7 Å². The van der Waals surface area contributed by atoms with Crippen molar-refractivity contribution in [2.24, 2.45) is 11.8 Å². The zero-order valence-corrected chi connectivity index (χ0v) is 11.7. The average molecular weight is 255 g/mol. The number of rotatable bonds is 5. The van der Waals surface area contributed by atoms with E-state index < -0.39 is 0 Å². The molecule has 0 spiro atoms. The van der Waals surface area contributed by atoms with Gasteiger partial charge in [0.2, 0.25) is 11.8 Å². The third-order valence-electron chi connectivity index (χ3n) is 3.55. The smallest absolute Gasteiger partial charge is 0.226 e. The molecule has 0 aromatic carbocycles. The highest BCUT2D eigenvalue weighted by molar-refractivity contribution is 5.80. The fourth-order valence-corrected chi connectivity index (χ4v) is 2.33. The molecule has 1 aliphatic heterocycles. The first-order valence-electron chi connectivity index (χ1n) is 6.81. The summed E-state index contributed by atoms with van der Waals surface area (Å²) in [5.41, 5.74) is 0. The number of nitrogens with one attached hydrogen (secondary N) is 2. The second-order valence-electron chi connectivity index (χ2n) is 4.92. The van der Waals surface area contributed by atoms with Gasteiger partial charge in [0.15, 0.2) is 0 Å². The Morgan fingerprint density at radius 1 is 1.33 bits per heavy atom. The second kappa shape index (κ2) is 7.36. The summed E-state index contributed by atoms with van der Waals surface area (Å²) in [5, 5.41) is 5.87. The predicted octanol–water partition coefficient (Wildman–Crippen LogP) is 0.217. The molecule has 2 amide bonds. The monoisotopic (exact) mass is 255 g/mol. The maximum atomic E-state index is 12.1. The normalized spacial score (nSPS) is 18.5. The van der Waals surface area contributed by atoms with Crippen molar-refractivity contribution in [3.8, 4) is 0 Å². The number of carbonyl (C=O) groups is 2. The minimum atomic E-state index is 0.0153. The molecule has 0 aliphatic carbocycles. The molecule has 18 heavy (non-hydrogen) atoms. The van der Waals surface area contributed by atoms with E-state index in [2.05, 4.69) is 10.6 Å². The summed E-state index contributed by atoms with van der Waals surface area (Å²) in [4.78, 5) is 25.5. The van der Waals surface area contributed by atoms with Crippen LogP contribution in [0.1, 0.15) is 26.7 Å². The van der Waals surface area contributed by atoms with Crippen molar-refractivity contribution in [1.82, 2.24) is 15.5 Å². The summed E-state index contributed by atoms with van der Waals surface area (Å²) in [6.45, 7) is 7.00. The molecule has 104 valence electrons. The predicted molar refractivity (Wildman–Crippen MR) is 71.1 cm³/mol. The van der Waals surface area contributed by atoms with E-state index in [1.807, 2.05) is 18.7 Å². The number of hydrogen-bond donors (Lipinski definition) is 2. The van der Waals surface area contributed by atoms with E-state index in [0.717, 1.165) is 25.9 Å². The van der Waals surface area contributed by atoms with Crippen LogP contribution in [-0.2, 0) is 9.59 Å². The average Bonchev–Trinajstić information content (AvgIpc) is 2.43. The second-order valence-corrected chi connectivity index (χ2v) is 4.92. The molecule has 1 aliphatic rings. The molecule has 2 N–H and O–H groups in total. The van der Waals surface area contributed by atoms with E-state index in [0.29, 0.717) is 13.1 Å². The number of carbonyl (C=O) groups excluding carboxylic acids is 2. The van der Waals surface area contributed by atoms with Gasteiger partial charge in [0.25, 0.3) is 0 Å². The zero-order chi connectivity index (χ0) is 13.5. The third kappa shape index (κ3) is 3.98. The van der Waals surface area contributed by atoms with Crippen molar-refractivity contribution < 1.29 is 9.59 Å². The minimum Gasteiger partial charge on any atom is -0.359 e. The highest BCUT2D eigenvalue weighted by atomic mass is 16.2. The molecule has 0 saturated carbocycles. The first-order chi connectivity index (χ1) is 8.60. The standard InChI is InChI=1S/C13H25N3O2/c1-4-15-9-10(2)13(18)16-7-5-11(6-8-16)12(17)14-3/h10-11,15H,4-9H2,1-3H3,(H,14,17). The first kappa shape index (κ1) is 15.0. The minimum absolute atomic E-state index is 0.0153. The SMILES string of the molecule is CCNCC(C)C(=O)N1CCC(C(=O)NC)CC1. The summed E-state index contributed by atoms with van der Waals surface area (Å²) in [6, 6.07) is 0. The molecular formula is C13H25N3O2. The molecule has 5 heteroatoms. The van der Waals surface area contributed by atoms with Crippen molar-refractivity contribution in [1.29, 1.82) is 0 Å². The molecule has 1 rings (SSSR count). The van der Waals surface area contributed by atoms with E-state index in [1.165, 1.54) is 0 Å². The fourth-order valence-electron chi connectivity index (χ4n) is 2.33. The summed E-state index contributed by atoms with van der Waals surface area (Å²) >= 11 is 0. The number of likely N-dealkylation sites (tertiary alicyclic amines) is 1. The van der Waals surface area contributed by atoms with E-state index in [9.17, 15) is 9.59 Å². The number of amides is 2. The largest absolute Gasteiger partial charge is 0.359 e. The van der Waals surface area contributed by atoms with Gasteiger partial charge < -0.3 is 15.5 Å². The molecule has 0 aromatic rings. The lowest BCUT2D eigenvalue weighted by molar-refractivity contribution is -0.138. The van der Waals surface area contributed by atoms with E-state index in [1.54, 1.807) is 7.05 Å². The van der Waals surface area contributed by atoms with E-state index in [4.69, 9.17) is 0 Å². The molecule has 5 nitrogen and oxygen atoms in total. The van der Waals surface area contributed by atoms with Gasteiger partial charge in [0.1, 0.15) is 0 Å². The van der Waals surface area contributed by atoms with Gasteiger partial charge in [-0.25, -0.2) is 0 Å². The van der Waals surface area contributed by atoms with Gasteiger partial charge in [0.05, 0.1) is 0 Å². The Bertz CT molecular complexity index is 286. The highest BCUT2D eigenvalue weighted by Gasteiger charge is 2.28. The lowest BCUT2D eigenvalue weighted by Gasteiger charge is -2.32. The Morgan fingerprint density at radius 3 is 2.44 bits per heavy atom. The summed E-state index contributed by atoms with van der Waals surface area (Å²) in [5.74, 6) is 0.388. The molecular weight excluding hydrogens is 230 g/mol. The van der Waals surface area contributed by atoms with Crippen LogP contribution in [0.5, 0.6) is 0 Å². The fraction of sp³-hybridized carbons (Fsp3) is 0.846. The molecule has 1 saturated heterocycles. The van der Waals surface area contributed by atoms with Gasteiger partial charge in [-0.15, -0.1) is 0 Å². The lowest BCUT2D eigenvalue weighted by Crippen LogP contribution is -2.45. The topological polar surface area (TPSA) is 61.4 Å². The summed E-state index contributed by atoms with van der Waals surface area (Å²) < 4.78 is 0. The molecule has 0 bridgehead atoms. The number of hydrogen-bond acceptors (Lipinski definition) is 3. The van der Waals surface area contributed by atoms with Crippen LogP contribution in [0.15, 0.2) is 0 Å². The Morgan fingerprint density at radius 2 is 1.94 bits per heavy atom. The van der Waals surface area contributed by atoms with E-state index >= 15 is 0 Å². The lowest BCUT2D eigenvalue weighted by atomic mass is 9.95. The van der Waals surface area contributed by atoms with Crippen LogP contribution in [0.3, 0.4) is 0 Å². The van der Waals surface area contributed by atoms with Crippen molar-refractivity contribution in [3.63, 3.8) is 0 Å². The van der Waals surface area contributed by atoms with Crippen molar-refractivity contribution >= 4 is 11.8 Å². The Kier molecular flexibility index (Phi) is 6.12. The van der Waals surface area contributed by atoms with Crippen LogP contribution in [0.25, 0.3) is 0 Å². The molecule has 0 radical (unpaired) electrons. The van der Waals surface area contributed by atoms with Crippen molar-refractivity contribution in [3.05, 3.63) is 0 Å². The molecule has 0 aromatic heterocycles. The van der Waals surface area contributed by atoms with Crippen LogP contribution in [-0.4, -0.2) is 49.9 Å². The molecule has 1 fully saturated rings. The van der Waals surface area contributed by atoms with Crippen LogP contribution >= 0.6 is 0 Å². The van der Waals surface area contributed by atoms with Crippen LogP contribution < -0.4 is 10.6 Å². The first-order valence-corrected chi connectivity index (χ1v) is 6.81. The van der Waals surface area contributed by atoms with Gasteiger partial charge in [-0.2, -0.15) is 0 Å². The van der Waals surface area contributed by atoms with Gasteiger partial charge in [-0.1, -0.05) is 13.8 Å². The Balaban J connectivity index is 2.37. The number of nitrogens with zero attached hydrogens (tertiary/aromatic N) is 1. The summed E-state index contributed by atoms with van der Waals surface area (Å²) in [7, 11) is 1.67. The Hall–Kier alpha value is -1.10. The summed E-state index contributed by atoms with van der Waals surface area (Å²) in [6.07, 6.45) is 1.55. The molecule has 1 atom stereocenters. The zero-order valence-electron chi connectivity index (χ0n) is 11.7. The van der Waals surface area contributed by atoms with E-state index in [-0.39, 0.29) is 23.7 Å². The van der Waals surface area contributed by atoms with Gasteiger partial charge in [-0.05, 0) is 19.4 Å². The molecule has 1 heterocycles. The van der Waals surface area contributed by atoms with Crippen molar-refractivity contribution in [2.75, 3.05) is 33.2 Å².